The Kier molecular flexibility index (Phi) is 3.38. The molecule has 2 atom stereocenters. The minimum atomic E-state index is 0.418. The third-order valence-corrected chi connectivity index (χ3v) is 4.34. The fourth-order valence-corrected chi connectivity index (χ4v) is 3.20. The zero-order valence-corrected chi connectivity index (χ0v) is 11.8. The van der Waals surface area contributed by atoms with Gasteiger partial charge in [-0.3, -0.25) is 4.90 Å². The second kappa shape index (κ2) is 5.03. The third-order valence-electron chi connectivity index (χ3n) is 4.10. The number of nitrogens with zero attached hydrogens (tertiary/aromatic N) is 2. The molecule has 0 radical (unpaired) electrons. The third kappa shape index (κ3) is 2.70. The van der Waals surface area contributed by atoms with Crippen LogP contribution in [-0.2, 0) is 0 Å². The Morgan fingerprint density at radius 1 is 1.42 bits per heavy atom. The molecule has 1 aliphatic heterocycles. The molecule has 1 aliphatic carbocycles. The Labute approximate surface area is 119 Å². The number of halogens is 1. The van der Waals surface area contributed by atoms with Gasteiger partial charge in [0.2, 0.25) is 0 Å². The smallest absolute Gasteiger partial charge is 0.101 e. The maximum Gasteiger partial charge on any atom is 0.101 e. The summed E-state index contributed by atoms with van der Waals surface area (Å²) in [6.45, 7) is 3.37. The number of benzene rings is 1. The lowest BCUT2D eigenvalue weighted by molar-refractivity contribution is 0.257. The van der Waals surface area contributed by atoms with Crippen LogP contribution in [0, 0.1) is 11.3 Å². The molecule has 2 fully saturated rings. The highest BCUT2D eigenvalue weighted by molar-refractivity contribution is 6.30. The Morgan fingerprint density at radius 3 is 2.89 bits per heavy atom. The summed E-state index contributed by atoms with van der Waals surface area (Å²) in [6.07, 6.45) is 3.82. The summed E-state index contributed by atoms with van der Waals surface area (Å²) in [6, 6.07) is 9.47. The molecule has 1 aromatic rings. The minimum absolute atomic E-state index is 0.418. The van der Waals surface area contributed by atoms with E-state index in [1.54, 1.807) is 12.1 Å². The van der Waals surface area contributed by atoms with E-state index in [1.807, 2.05) is 6.07 Å². The van der Waals surface area contributed by atoms with Gasteiger partial charge in [-0.1, -0.05) is 11.6 Å². The van der Waals surface area contributed by atoms with E-state index in [0.29, 0.717) is 22.7 Å². The van der Waals surface area contributed by atoms with Crippen molar-refractivity contribution in [3.8, 4) is 6.07 Å². The van der Waals surface area contributed by atoms with Gasteiger partial charge in [-0.15, -0.1) is 0 Å². The molecule has 100 valence electrons. The van der Waals surface area contributed by atoms with Gasteiger partial charge in [-0.2, -0.15) is 5.26 Å². The molecule has 2 aliphatic rings. The molecule has 1 aromatic carbocycles. The fraction of sp³-hybridized carbons (Fsp3) is 0.533. The topological polar surface area (TPSA) is 39.1 Å². The minimum Gasteiger partial charge on any atom is -0.380 e. The van der Waals surface area contributed by atoms with E-state index >= 15 is 0 Å². The normalized spacial score (nSPS) is 27.2. The van der Waals surface area contributed by atoms with Gasteiger partial charge in [-0.05, 0) is 44.4 Å². The van der Waals surface area contributed by atoms with Gasteiger partial charge in [0.15, 0.2) is 0 Å². The summed E-state index contributed by atoms with van der Waals surface area (Å²) in [4.78, 5) is 2.59. The number of hydrogen-bond donors (Lipinski definition) is 1. The van der Waals surface area contributed by atoms with Gasteiger partial charge in [0.05, 0.1) is 11.3 Å². The van der Waals surface area contributed by atoms with Crippen LogP contribution in [0.5, 0.6) is 0 Å². The van der Waals surface area contributed by atoms with Gasteiger partial charge in [0.1, 0.15) is 6.07 Å². The summed E-state index contributed by atoms with van der Waals surface area (Å²) < 4.78 is 0. The second-order valence-electron chi connectivity index (χ2n) is 5.66. The van der Waals surface area contributed by atoms with Crippen LogP contribution in [0.4, 0.5) is 5.69 Å². The fourth-order valence-electron chi connectivity index (χ4n) is 3.03. The Balaban J connectivity index is 1.72. The number of hydrogen-bond acceptors (Lipinski definition) is 3. The average molecular weight is 276 g/mol. The molecular weight excluding hydrogens is 258 g/mol. The van der Waals surface area contributed by atoms with E-state index in [1.165, 1.54) is 12.8 Å². The number of rotatable bonds is 3. The zero-order chi connectivity index (χ0) is 13.4. The van der Waals surface area contributed by atoms with E-state index in [4.69, 9.17) is 16.9 Å². The first-order valence-electron chi connectivity index (χ1n) is 6.89. The largest absolute Gasteiger partial charge is 0.380 e. The van der Waals surface area contributed by atoms with Gasteiger partial charge in [0.25, 0.3) is 0 Å². The average Bonchev–Trinajstić information content (AvgIpc) is 3.15. The lowest BCUT2D eigenvalue weighted by Gasteiger charge is -2.20. The first-order chi connectivity index (χ1) is 9.17. The van der Waals surface area contributed by atoms with Crippen molar-refractivity contribution >= 4 is 17.3 Å². The lowest BCUT2D eigenvalue weighted by Crippen LogP contribution is -2.31. The molecule has 1 saturated heterocycles. The Hall–Kier alpha value is -1.24. The van der Waals surface area contributed by atoms with Crippen molar-refractivity contribution in [2.75, 3.05) is 11.9 Å². The summed E-state index contributed by atoms with van der Waals surface area (Å²) in [5.74, 6) is 0. The first-order valence-corrected chi connectivity index (χ1v) is 7.27. The van der Waals surface area contributed by atoms with Crippen LogP contribution in [0.15, 0.2) is 18.2 Å². The summed E-state index contributed by atoms with van der Waals surface area (Å²) in [5.41, 5.74) is 1.53. The van der Waals surface area contributed by atoms with Gasteiger partial charge in [-0.25, -0.2) is 0 Å². The monoisotopic (exact) mass is 275 g/mol. The van der Waals surface area contributed by atoms with Crippen molar-refractivity contribution in [1.29, 1.82) is 5.26 Å². The van der Waals surface area contributed by atoms with Crippen molar-refractivity contribution in [3.63, 3.8) is 0 Å². The van der Waals surface area contributed by atoms with Crippen molar-refractivity contribution in [2.24, 2.45) is 0 Å². The predicted octanol–water partition coefficient (Wildman–Crippen LogP) is 3.25. The molecular formula is C15H18ClN3. The first kappa shape index (κ1) is 12.8. The van der Waals surface area contributed by atoms with E-state index < -0.39 is 0 Å². The van der Waals surface area contributed by atoms with E-state index in [-0.39, 0.29) is 0 Å². The molecule has 1 heterocycles. The highest BCUT2D eigenvalue weighted by atomic mass is 35.5. The van der Waals surface area contributed by atoms with Gasteiger partial charge >= 0.3 is 0 Å². The van der Waals surface area contributed by atoms with Crippen molar-refractivity contribution in [2.45, 2.75) is 44.3 Å². The Morgan fingerprint density at radius 2 is 2.21 bits per heavy atom. The highest BCUT2D eigenvalue weighted by Gasteiger charge is 2.38. The molecule has 2 unspecified atom stereocenters. The van der Waals surface area contributed by atoms with Gasteiger partial charge in [0, 0.05) is 29.7 Å². The van der Waals surface area contributed by atoms with E-state index in [2.05, 4.69) is 23.2 Å². The van der Waals surface area contributed by atoms with Crippen molar-refractivity contribution < 1.29 is 0 Å². The van der Waals surface area contributed by atoms with Crippen LogP contribution >= 0.6 is 11.6 Å². The zero-order valence-electron chi connectivity index (χ0n) is 11.1. The van der Waals surface area contributed by atoms with Crippen LogP contribution in [-0.4, -0.2) is 29.6 Å². The maximum atomic E-state index is 9.14. The molecule has 19 heavy (non-hydrogen) atoms. The molecule has 3 nitrogen and oxygen atoms in total. The quantitative estimate of drug-likeness (QED) is 0.920. The molecule has 1 N–H and O–H groups in total. The standard InChI is InChI=1S/C15H18ClN3/c1-10-6-13(9-19(10)14-4-5-14)18-15-7-12(16)3-2-11(15)8-17/h2-3,7,10,13-14,18H,4-6,9H2,1H3. The van der Waals surface area contributed by atoms with Gasteiger partial charge < -0.3 is 5.32 Å². The number of nitriles is 1. The molecule has 0 spiro atoms. The number of nitrogens with one attached hydrogen (secondary N) is 1. The Bertz CT molecular complexity index is 519. The molecule has 1 saturated carbocycles. The second-order valence-corrected chi connectivity index (χ2v) is 6.09. The van der Waals surface area contributed by atoms with Crippen LogP contribution in [0.3, 0.4) is 0 Å². The van der Waals surface area contributed by atoms with Crippen LogP contribution < -0.4 is 5.32 Å². The van der Waals surface area contributed by atoms with Crippen molar-refractivity contribution in [3.05, 3.63) is 28.8 Å². The predicted molar refractivity (Wildman–Crippen MR) is 77.4 cm³/mol. The van der Waals surface area contributed by atoms with Crippen LogP contribution in [0.25, 0.3) is 0 Å². The van der Waals surface area contributed by atoms with E-state index in [9.17, 15) is 0 Å². The van der Waals surface area contributed by atoms with E-state index in [0.717, 1.165) is 24.7 Å². The summed E-state index contributed by atoms with van der Waals surface area (Å²) in [7, 11) is 0. The number of likely N-dealkylation sites (tertiary alicyclic amines) is 1. The molecule has 0 amide bonds. The number of anilines is 1. The van der Waals surface area contributed by atoms with Crippen LogP contribution in [0.1, 0.15) is 31.7 Å². The molecule has 0 bridgehead atoms. The summed E-state index contributed by atoms with van der Waals surface area (Å²) >= 11 is 6.02. The SMILES string of the molecule is CC1CC(Nc2cc(Cl)ccc2C#N)CN1C1CC1. The van der Waals surface area contributed by atoms with Crippen LogP contribution in [0.2, 0.25) is 5.02 Å². The van der Waals surface area contributed by atoms with Crippen molar-refractivity contribution in [1.82, 2.24) is 4.90 Å². The highest BCUT2D eigenvalue weighted by Crippen LogP contribution is 2.34. The molecule has 3 rings (SSSR count). The maximum absolute atomic E-state index is 9.14. The molecule has 4 heteroatoms. The lowest BCUT2D eigenvalue weighted by atomic mass is 10.1. The summed E-state index contributed by atoms with van der Waals surface area (Å²) in [5, 5.41) is 13.3. The molecule has 0 aromatic heterocycles.